The molecular weight excluding hydrogens is 162 g/mol. The van der Waals surface area contributed by atoms with E-state index < -0.39 is 5.76 Å². The number of hydrogen-bond donors (Lipinski definition) is 2. The van der Waals surface area contributed by atoms with E-state index in [0.717, 1.165) is 4.90 Å². The van der Waals surface area contributed by atoms with Gasteiger partial charge >= 0.3 is 5.76 Å². The standard InChI is InChI=1S/C7H5NO2S/c9-7-8-5-2-1-4(11)3-6(5)10-7/h1-3,11H,(H,8,9). The summed E-state index contributed by atoms with van der Waals surface area (Å²) >= 11 is 4.09. The molecule has 0 aliphatic carbocycles. The summed E-state index contributed by atoms with van der Waals surface area (Å²) in [6, 6.07) is 5.23. The summed E-state index contributed by atoms with van der Waals surface area (Å²) in [6.45, 7) is 0. The zero-order valence-corrected chi connectivity index (χ0v) is 6.39. The highest BCUT2D eigenvalue weighted by Crippen LogP contribution is 2.14. The molecule has 2 aromatic rings. The molecule has 3 nitrogen and oxygen atoms in total. The van der Waals surface area contributed by atoms with Gasteiger partial charge in [0.2, 0.25) is 0 Å². The minimum atomic E-state index is -0.432. The Labute approximate surface area is 67.4 Å². The van der Waals surface area contributed by atoms with Crippen LogP contribution in [0.15, 0.2) is 32.3 Å². The highest BCUT2D eigenvalue weighted by Gasteiger charge is 1.98. The monoisotopic (exact) mass is 167 g/mol. The molecule has 11 heavy (non-hydrogen) atoms. The van der Waals surface area contributed by atoms with Crippen molar-refractivity contribution in [2.24, 2.45) is 0 Å². The average molecular weight is 167 g/mol. The zero-order chi connectivity index (χ0) is 7.84. The second-order valence-electron chi connectivity index (χ2n) is 2.19. The van der Waals surface area contributed by atoms with Gasteiger partial charge in [-0.05, 0) is 18.2 Å². The summed E-state index contributed by atoms with van der Waals surface area (Å²) in [6.07, 6.45) is 0. The van der Waals surface area contributed by atoms with Crippen LogP contribution >= 0.6 is 12.6 Å². The lowest BCUT2D eigenvalue weighted by atomic mass is 10.3. The van der Waals surface area contributed by atoms with E-state index in [-0.39, 0.29) is 0 Å². The van der Waals surface area contributed by atoms with Crippen molar-refractivity contribution in [1.82, 2.24) is 4.98 Å². The number of oxazole rings is 1. The molecule has 1 aromatic carbocycles. The van der Waals surface area contributed by atoms with Crippen LogP contribution in [-0.2, 0) is 0 Å². The van der Waals surface area contributed by atoms with Crippen LogP contribution < -0.4 is 5.76 Å². The topological polar surface area (TPSA) is 46.0 Å². The molecule has 56 valence electrons. The van der Waals surface area contributed by atoms with Crippen LogP contribution in [0.25, 0.3) is 11.1 Å². The summed E-state index contributed by atoms with van der Waals surface area (Å²) in [5, 5.41) is 0. The van der Waals surface area contributed by atoms with Crippen molar-refractivity contribution >= 4 is 23.7 Å². The Balaban J connectivity index is 2.92. The first-order valence-corrected chi connectivity index (χ1v) is 3.52. The normalized spacial score (nSPS) is 10.6. The maximum Gasteiger partial charge on any atom is 0.417 e. The molecule has 0 aliphatic heterocycles. The smallest absolute Gasteiger partial charge is 0.408 e. The van der Waals surface area contributed by atoms with Gasteiger partial charge in [0.25, 0.3) is 0 Å². The molecular formula is C7H5NO2S. The maximum absolute atomic E-state index is 10.7. The first kappa shape index (κ1) is 6.54. The van der Waals surface area contributed by atoms with Gasteiger partial charge in [-0.1, -0.05) is 0 Å². The van der Waals surface area contributed by atoms with Crippen LogP contribution in [0.2, 0.25) is 0 Å². The van der Waals surface area contributed by atoms with E-state index in [2.05, 4.69) is 17.6 Å². The molecule has 0 aliphatic rings. The predicted molar refractivity (Wildman–Crippen MR) is 44.1 cm³/mol. The Morgan fingerprint density at radius 1 is 1.45 bits per heavy atom. The van der Waals surface area contributed by atoms with Gasteiger partial charge in [-0.2, -0.15) is 0 Å². The number of fused-ring (bicyclic) bond motifs is 1. The van der Waals surface area contributed by atoms with Crippen molar-refractivity contribution in [1.29, 1.82) is 0 Å². The van der Waals surface area contributed by atoms with E-state index in [0.29, 0.717) is 11.1 Å². The Kier molecular flexibility index (Phi) is 1.29. The molecule has 0 amide bonds. The summed E-state index contributed by atoms with van der Waals surface area (Å²) in [5.74, 6) is -0.432. The number of thiol groups is 1. The van der Waals surface area contributed by atoms with Crippen molar-refractivity contribution in [2.75, 3.05) is 0 Å². The highest BCUT2D eigenvalue weighted by molar-refractivity contribution is 7.80. The van der Waals surface area contributed by atoms with Crippen molar-refractivity contribution in [3.63, 3.8) is 0 Å². The van der Waals surface area contributed by atoms with Gasteiger partial charge in [0.15, 0.2) is 5.58 Å². The van der Waals surface area contributed by atoms with Crippen LogP contribution in [-0.4, -0.2) is 4.98 Å². The minimum absolute atomic E-state index is 0.432. The molecule has 0 fully saturated rings. The van der Waals surface area contributed by atoms with Crippen molar-refractivity contribution in [3.05, 3.63) is 28.7 Å². The average Bonchev–Trinajstić information content (AvgIpc) is 2.27. The third-order valence-electron chi connectivity index (χ3n) is 1.40. The molecule has 0 saturated heterocycles. The van der Waals surface area contributed by atoms with Crippen molar-refractivity contribution in [3.8, 4) is 0 Å². The molecule has 1 aromatic heterocycles. The van der Waals surface area contributed by atoms with Crippen LogP contribution in [0.5, 0.6) is 0 Å². The van der Waals surface area contributed by atoms with Gasteiger partial charge < -0.3 is 4.42 Å². The number of nitrogens with one attached hydrogen (secondary N) is 1. The molecule has 0 radical (unpaired) electrons. The number of aromatic nitrogens is 1. The lowest BCUT2D eigenvalue weighted by Gasteiger charge is -1.87. The fourth-order valence-corrected chi connectivity index (χ4v) is 1.13. The second kappa shape index (κ2) is 2.17. The van der Waals surface area contributed by atoms with Gasteiger partial charge in [0.1, 0.15) is 0 Å². The lowest BCUT2D eigenvalue weighted by molar-refractivity contribution is 0.555. The minimum Gasteiger partial charge on any atom is -0.408 e. The first-order valence-electron chi connectivity index (χ1n) is 3.07. The van der Waals surface area contributed by atoms with Gasteiger partial charge in [0.05, 0.1) is 5.52 Å². The third-order valence-corrected chi connectivity index (χ3v) is 1.68. The SMILES string of the molecule is O=c1[nH]c2ccc(S)cc2o1. The first-order chi connectivity index (χ1) is 5.25. The predicted octanol–water partition coefficient (Wildman–Crippen LogP) is 1.41. The largest absolute Gasteiger partial charge is 0.417 e. The summed E-state index contributed by atoms with van der Waals surface area (Å²) in [7, 11) is 0. The number of H-pyrrole nitrogens is 1. The van der Waals surface area contributed by atoms with Gasteiger partial charge in [-0.15, -0.1) is 12.6 Å². The molecule has 0 atom stereocenters. The molecule has 4 heteroatoms. The van der Waals surface area contributed by atoms with Gasteiger partial charge in [-0.25, -0.2) is 4.79 Å². The Morgan fingerprint density at radius 2 is 2.27 bits per heavy atom. The van der Waals surface area contributed by atoms with E-state index >= 15 is 0 Å². The van der Waals surface area contributed by atoms with Gasteiger partial charge in [-0.3, -0.25) is 4.98 Å². The van der Waals surface area contributed by atoms with Gasteiger partial charge in [0, 0.05) is 4.90 Å². The second-order valence-corrected chi connectivity index (χ2v) is 2.71. The van der Waals surface area contributed by atoms with Crippen LogP contribution in [0, 0.1) is 0 Å². The van der Waals surface area contributed by atoms with E-state index in [9.17, 15) is 4.79 Å². The molecule has 0 saturated carbocycles. The number of aromatic amines is 1. The molecule has 1 N–H and O–H groups in total. The molecule has 2 rings (SSSR count). The third kappa shape index (κ3) is 1.05. The van der Waals surface area contributed by atoms with Crippen LogP contribution in [0.4, 0.5) is 0 Å². The quantitative estimate of drug-likeness (QED) is 0.583. The lowest BCUT2D eigenvalue weighted by Crippen LogP contribution is -1.92. The Bertz CT molecular complexity index is 443. The van der Waals surface area contributed by atoms with Crippen molar-refractivity contribution in [2.45, 2.75) is 4.90 Å². The Hall–Kier alpha value is -1.16. The number of hydrogen-bond acceptors (Lipinski definition) is 3. The molecule has 0 bridgehead atoms. The fourth-order valence-electron chi connectivity index (χ4n) is 0.934. The van der Waals surface area contributed by atoms with E-state index in [1.807, 2.05) is 0 Å². The van der Waals surface area contributed by atoms with Crippen molar-refractivity contribution < 1.29 is 4.42 Å². The molecule has 1 heterocycles. The summed E-state index contributed by atoms with van der Waals surface area (Å²) in [4.78, 5) is 14.0. The summed E-state index contributed by atoms with van der Waals surface area (Å²) in [5.41, 5.74) is 1.25. The number of benzene rings is 1. The molecule has 0 unspecified atom stereocenters. The van der Waals surface area contributed by atoms with Crippen LogP contribution in [0.3, 0.4) is 0 Å². The number of rotatable bonds is 0. The Morgan fingerprint density at radius 3 is 3.09 bits per heavy atom. The molecule has 0 spiro atoms. The maximum atomic E-state index is 10.7. The van der Waals surface area contributed by atoms with E-state index in [1.165, 1.54) is 0 Å². The fraction of sp³-hybridized carbons (Fsp3) is 0. The zero-order valence-electron chi connectivity index (χ0n) is 5.50. The summed E-state index contributed by atoms with van der Waals surface area (Å²) < 4.78 is 4.79. The highest BCUT2D eigenvalue weighted by atomic mass is 32.1. The van der Waals surface area contributed by atoms with E-state index in [1.54, 1.807) is 18.2 Å². The van der Waals surface area contributed by atoms with E-state index in [4.69, 9.17) is 4.42 Å². The van der Waals surface area contributed by atoms with Crippen LogP contribution in [0.1, 0.15) is 0 Å².